The van der Waals surface area contributed by atoms with Crippen LogP contribution in [0.5, 0.6) is 0 Å². The van der Waals surface area contributed by atoms with Gasteiger partial charge in [-0.1, -0.05) is 20.8 Å². The first-order valence-corrected chi connectivity index (χ1v) is 4.15. The number of carbonyl (C=O) groups excluding carboxylic acids is 1. The van der Waals surface area contributed by atoms with E-state index in [-0.39, 0.29) is 24.4 Å². The number of Topliss-reactive ketones (excluding diaryl/α,β-unsaturated/α-hetero) is 1. The molecule has 3 heteroatoms. The van der Waals surface area contributed by atoms with Gasteiger partial charge in [0.25, 0.3) is 0 Å². The van der Waals surface area contributed by atoms with Crippen LogP contribution in [0, 0.1) is 5.41 Å². The van der Waals surface area contributed by atoms with Crippen molar-refractivity contribution in [2.45, 2.75) is 33.5 Å². The molecule has 0 aromatic heterocycles. The highest BCUT2D eigenvalue weighted by Gasteiger charge is 2.42. The monoisotopic (exact) mass is 172 g/mol. The van der Waals surface area contributed by atoms with Gasteiger partial charge in [0.2, 0.25) is 0 Å². The third-order valence-electron chi connectivity index (χ3n) is 2.38. The molecule has 0 aromatic rings. The molecule has 0 spiro atoms. The molecule has 0 saturated carbocycles. The number of hydrogen-bond donors (Lipinski definition) is 0. The van der Waals surface area contributed by atoms with Crippen LogP contribution in [-0.4, -0.2) is 24.8 Å². The Morgan fingerprint density at radius 2 is 1.67 bits per heavy atom. The lowest BCUT2D eigenvalue weighted by molar-refractivity contribution is -0.289. The van der Waals surface area contributed by atoms with E-state index in [0.717, 1.165) is 0 Å². The molecule has 1 rings (SSSR count). The zero-order chi connectivity index (χ0) is 9.41. The Morgan fingerprint density at radius 1 is 1.25 bits per heavy atom. The van der Waals surface area contributed by atoms with E-state index in [4.69, 9.17) is 9.47 Å². The Bertz CT molecular complexity index is 180. The second kappa shape index (κ2) is 2.82. The Hall–Kier alpha value is -0.410. The van der Waals surface area contributed by atoms with Gasteiger partial charge in [-0.05, 0) is 6.92 Å². The minimum absolute atomic E-state index is 0.0109. The quantitative estimate of drug-likeness (QED) is 0.553. The van der Waals surface area contributed by atoms with E-state index in [2.05, 4.69) is 0 Å². The summed E-state index contributed by atoms with van der Waals surface area (Å²) in [5, 5.41) is 0. The summed E-state index contributed by atoms with van der Waals surface area (Å²) in [5.41, 5.74) is -0.103. The Morgan fingerprint density at radius 3 is 2.00 bits per heavy atom. The van der Waals surface area contributed by atoms with Crippen molar-refractivity contribution in [3.05, 3.63) is 0 Å². The van der Waals surface area contributed by atoms with Gasteiger partial charge in [-0.3, -0.25) is 4.79 Å². The van der Waals surface area contributed by atoms with Crippen molar-refractivity contribution in [3.63, 3.8) is 0 Å². The van der Waals surface area contributed by atoms with Gasteiger partial charge in [0.1, 0.15) is 13.2 Å². The maximum Gasteiger partial charge on any atom is 0.184 e. The topological polar surface area (TPSA) is 35.5 Å². The highest BCUT2D eigenvalue weighted by molar-refractivity contribution is 5.81. The molecule has 1 saturated heterocycles. The summed E-state index contributed by atoms with van der Waals surface area (Å²) >= 11 is 0. The molecule has 0 bridgehead atoms. The van der Waals surface area contributed by atoms with E-state index in [1.165, 1.54) is 0 Å². The lowest BCUT2D eigenvalue weighted by atomic mass is 9.86. The average molecular weight is 172 g/mol. The molecule has 1 fully saturated rings. The molecule has 1 heterocycles. The molecule has 0 N–H and O–H groups in total. The van der Waals surface area contributed by atoms with Gasteiger partial charge in [-0.25, -0.2) is 0 Å². The lowest BCUT2D eigenvalue weighted by Gasteiger charge is -2.43. The van der Waals surface area contributed by atoms with E-state index < -0.39 is 5.79 Å². The van der Waals surface area contributed by atoms with Crippen molar-refractivity contribution in [3.8, 4) is 0 Å². The summed E-state index contributed by atoms with van der Waals surface area (Å²) in [5.74, 6) is -0.613. The fraction of sp³-hybridized carbons (Fsp3) is 0.889. The van der Waals surface area contributed by atoms with Gasteiger partial charge >= 0.3 is 0 Å². The molecule has 0 aromatic carbocycles. The van der Waals surface area contributed by atoms with Crippen molar-refractivity contribution in [2.75, 3.05) is 13.2 Å². The van der Waals surface area contributed by atoms with Gasteiger partial charge in [-0.2, -0.15) is 0 Å². The summed E-state index contributed by atoms with van der Waals surface area (Å²) in [6.07, 6.45) is 0. The standard InChI is InChI=1S/C9H16O3/c1-8(2,3)9(4)11-5-7(10)6-12-9/h5-6H2,1-4H3. The second-order valence-corrected chi connectivity index (χ2v) is 4.31. The molecule has 0 radical (unpaired) electrons. The average Bonchev–Trinajstić information content (AvgIpc) is 1.93. The van der Waals surface area contributed by atoms with Gasteiger partial charge in [0.05, 0.1) is 0 Å². The fourth-order valence-corrected chi connectivity index (χ4v) is 0.953. The molecule has 0 atom stereocenters. The Labute approximate surface area is 73.0 Å². The van der Waals surface area contributed by atoms with Crippen molar-refractivity contribution < 1.29 is 14.3 Å². The summed E-state index contributed by atoms with van der Waals surface area (Å²) in [7, 11) is 0. The Kier molecular flexibility index (Phi) is 2.27. The van der Waals surface area contributed by atoms with E-state index in [0.29, 0.717) is 0 Å². The Balaban J connectivity index is 2.68. The van der Waals surface area contributed by atoms with Crippen LogP contribution < -0.4 is 0 Å². The van der Waals surface area contributed by atoms with E-state index in [1.807, 2.05) is 27.7 Å². The number of ether oxygens (including phenoxy) is 2. The first-order valence-electron chi connectivity index (χ1n) is 4.15. The molecule has 70 valence electrons. The van der Waals surface area contributed by atoms with Crippen LogP contribution in [0.25, 0.3) is 0 Å². The maximum atomic E-state index is 10.8. The number of carbonyl (C=O) groups is 1. The smallest absolute Gasteiger partial charge is 0.184 e. The second-order valence-electron chi connectivity index (χ2n) is 4.31. The van der Waals surface area contributed by atoms with Crippen LogP contribution in [0.4, 0.5) is 0 Å². The first kappa shape index (κ1) is 9.68. The fourth-order valence-electron chi connectivity index (χ4n) is 0.953. The number of rotatable bonds is 0. The van der Waals surface area contributed by atoms with Crippen LogP contribution in [-0.2, 0) is 14.3 Å². The first-order chi connectivity index (χ1) is 5.35. The van der Waals surface area contributed by atoms with Crippen molar-refractivity contribution in [1.29, 1.82) is 0 Å². The molecule has 1 aliphatic rings. The minimum atomic E-state index is -0.624. The molecular weight excluding hydrogens is 156 g/mol. The van der Waals surface area contributed by atoms with Gasteiger partial charge in [-0.15, -0.1) is 0 Å². The highest BCUT2D eigenvalue weighted by Crippen LogP contribution is 2.35. The third-order valence-corrected chi connectivity index (χ3v) is 2.38. The van der Waals surface area contributed by atoms with Crippen LogP contribution >= 0.6 is 0 Å². The largest absolute Gasteiger partial charge is 0.342 e. The summed E-state index contributed by atoms with van der Waals surface area (Å²) in [6, 6.07) is 0. The van der Waals surface area contributed by atoms with E-state index in [1.54, 1.807) is 0 Å². The molecule has 1 aliphatic heterocycles. The number of ketones is 1. The SMILES string of the molecule is CC(C)(C)C1(C)OCC(=O)CO1. The van der Waals surface area contributed by atoms with Crippen LogP contribution in [0.3, 0.4) is 0 Å². The molecular formula is C9H16O3. The zero-order valence-electron chi connectivity index (χ0n) is 8.14. The molecule has 0 unspecified atom stereocenters. The van der Waals surface area contributed by atoms with Gasteiger partial charge in [0, 0.05) is 5.41 Å². The van der Waals surface area contributed by atoms with Crippen LogP contribution in [0.2, 0.25) is 0 Å². The predicted molar refractivity (Wildman–Crippen MR) is 44.8 cm³/mol. The summed E-state index contributed by atoms with van der Waals surface area (Å²) in [4.78, 5) is 10.8. The van der Waals surface area contributed by atoms with Gasteiger partial charge in [0.15, 0.2) is 11.6 Å². The molecule has 0 amide bonds. The summed E-state index contributed by atoms with van der Waals surface area (Å²) < 4.78 is 10.7. The molecule has 3 nitrogen and oxygen atoms in total. The lowest BCUT2D eigenvalue weighted by Crippen LogP contribution is -2.50. The van der Waals surface area contributed by atoms with Crippen molar-refractivity contribution in [2.24, 2.45) is 5.41 Å². The van der Waals surface area contributed by atoms with E-state index in [9.17, 15) is 4.79 Å². The van der Waals surface area contributed by atoms with Crippen molar-refractivity contribution in [1.82, 2.24) is 0 Å². The third kappa shape index (κ3) is 1.67. The predicted octanol–water partition coefficient (Wildman–Crippen LogP) is 1.36. The minimum Gasteiger partial charge on any atom is -0.342 e. The van der Waals surface area contributed by atoms with E-state index >= 15 is 0 Å². The van der Waals surface area contributed by atoms with Crippen LogP contribution in [0.1, 0.15) is 27.7 Å². The number of hydrogen-bond acceptors (Lipinski definition) is 3. The normalized spacial score (nSPS) is 24.2. The highest BCUT2D eigenvalue weighted by atomic mass is 16.7. The van der Waals surface area contributed by atoms with Crippen LogP contribution in [0.15, 0.2) is 0 Å². The molecule has 12 heavy (non-hydrogen) atoms. The van der Waals surface area contributed by atoms with Crippen molar-refractivity contribution >= 4 is 5.78 Å². The maximum absolute atomic E-state index is 10.8. The summed E-state index contributed by atoms with van der Waals surface area (Å²) in [6.45, 7) is 8.31. The zero-order valence-corrected chi connectivity index (χ0v) is 8.14. The van der Waals surface area contributed by atoms with Gasteiger partial charge < -0.3 is 9.47 Å². The molecule has 0 aliphatic carbocycles.